The second kappa shape index (κ2) is 7.61. The molecule has 1 aromatic rings. The number of carbonyl (C=O) groups excluding carboxylic acids is 3. The molecule has 3 aliphatic heterocycles. The third-order valence-corrected chi connectivity index (χ3v) is 5.64. The Kier molecular flexibility index (Phi) is 5.02. The van der Waals surface area contributed by atoms with Crippen LogP contribution in [0.5, 0.6) is 0 Å². The average Bonchev–Trinajstić information content (AvgIpc) is 2.88. The minimum absolute atomic E-state index is 0.0516. The van der Waals surface area contributed by atoms with Crippen LogP contribution in [-0.4, -0.2) is 77.3 Å². The maximum Gasteiger partial charge on any atom is 0.325 e. The molecule has 0 spiro atoms. The summed E-state index contributed by atoms with van der Waals surface area (Å²) < 4.78 is 0. The number of Topliss-reactive ketones (excluding diaryl/α,β-unsaturated/α-hetero) is 1. The van der Waals surface area contributed by atoms with Gasteiger partial charge in [0.2, 0.25) is 0 Å². The van der Waals surface area contributed by atoms with Crippen molar-refractivity contribution in [1.29, 1.82) is 0 Å². The number of benzene rings is 1. The number of hydrogen-bond acceptors (Lipinski definition) is 6. The van der Waals surface area contributed by atoms with E-state index in [9.17, 15) is 14.4 Å². The molecule has 2 atom stereocenters. The largest absolute Gasteiger partial charge is 0.343 e. The van der Waals surface area contributed by atoms with E-state index in [4.69, 9.17) is 4.99 Å². The summed E-state index contributed by atoms with van der Waals surface area (Å²) in [6, 6.07) is 7.91. The van der Waals surface area contributed by atoms with Gasteiger partial charge in [0.05, 0.1) is 6.54 Å². The third kappa shape index (κ3) is 3.34. The van der Waals surface area contributed by atoms with E-state index >= 15 is 0 Å². The Hall–Kier alpha value is -2.90. The number of imide groups is 1. The van der Waals surface area contributed by atoms with Crippen LogP contribution >= 0.6 is 0 Å². The van der Waals surface area contributed by atoms with Gasteiger partial charge < -0.3 is 14.7 Å². The van der Waals surface area contributed by atoms with Gasteiger partial charge in [0, 0.05) is 25.7 Å². The highest BCUT2D eigenvalue weighted by Gasteiger charge is 2.50. The molecule has 4 rings (SSSR count). The summed E-state index contributed by atoms with van der Waals surface area (Å²) in [5.74, 6) is 0.177. The van der Waals surface area contributed by atoms with Gasteiger partial charge in [0.25, 0.3) is 5.91 Å². The summed E-state index contributed by atoms with van der Waals surface area (Å²) in [6.07, 6.45) is 3.82. The van der Waals surface area contributed by atoms with E-state index in [-0.39, 0.29) is 12.3 Å². The number of likely N-dealkylation sites (tertiary alicyclic amines) is 1. The van der Waals surface area contributed by atoms with Gasteiger partial charge >= 0.3 is 6.03 Å². The smallest absolute Gasteiger partial charge is 0.325 e. The Bertz CT molecular complexity index is 801. The van der Waals surface area contributed by atoms with Crippen LogP contribution in [0.2, 0.25) is 0 Å². The maximum absolute atomic E-state index is 12.9. The van der Waals surface area contributed by atoms with Crippen molar-refractivity contribution < 1.29 is 14.4 Å². The molecule has 0 bridgehead atoms. The zero-order valence-corrected chi connectivity index (χ0v) is 16.0. The zero-order valence-electron chi connectivity index (χ0n) is 16.0. The van der Waals surface area contributed by atoms with E-state index in [0.29, 0.717) is 11.5 Å². The van der Waals surface area contributed by atoms with Gasteiger partial charge in [-0.1, -0.05) is 43.2 Å². The van der Waals surface area contributed by atoms with Crippen LogP contribution in [0.3, 0.4) is 0 Å². The Morgan fingerprint density at radius 1 is 1.11 bits per heavy atom. The summed E-state index contributed by atoms with van der Waals surface area (Å²) in [4.78, 5) is 47.7. The van der Waals surface area contributed by atoms with Crippen molar-refractivity contribution >= 4 is 23.7 Å². The Morgan fingerprint density at radius 2 is 1.79 bits per heavy atom. The molecule has 2 unspecified atom stereocenters. The molecule has 1 N–H and O–H groups in total. The fourth-order valence-corrected chi connectivity index (χ4v) is 4.08. The van der Waals surface area contributed by atoms with E-state index in [1.54, 1.807) is 24.1 Å². The summed E-state index contributed by atoms with van der Waals surface area (Å²) in [5, 5.41) is 2.38. The van der Waals surface area contributed by atoms with Crippen molar-refractivity contribution in [2.75, 3.05) is 26.7 Å². The molecule has 8 nitrogen and oxygen atoms in total. The summed E-state index contributed by atoms with van der Waals surface area (Å²) in [5.41, 5.74) is 0.599. The SMILES string of the molecule is CN1C(=O)NC(=O)C2C1N=C(N1CCCCCC1)N2CC(=O)c1ccccc1. The molecule has 0 radical (unpaired) electrons. The summed E-state index contributed by atoms with van der Waals surface area (Å²) >= 11 is 0. The minimum atomic E-state index is -0.686. The highest BCUT2D eigenvalue weighted by atomic mass is 16.2. The lowest BCUT2D eigenvalue weighted by atomic mass is 10.1. The third-order valence-electron chi connectivity index (χ3n) is 5.64. The molecule has 0 saturated carbocycles. The average molecular weight is 383 g/mol. The molecule has 3 aliphatic rings. The van der Waals surface area contributed by atoms with Gasteiger partial charge in [-0.25, -0.2) is 9.79 Å². The number of rotatable bonds is 3. The molecule has 148 valence electrons. The predicted molar refractivity (Wildman–Crippen MR) is 104 cm³/mol. The Labute approximate surface area is 164 Å². The number of urea groups is 1. The highest BCUT2D eigenvalue weighted by Crippen LogP contribution is 2.27. The molecule has 3 heterocycles. The number of nitrogens with zero attached hydrogens (tertiary/aromatic N) is 4. The molecule has 1 aromatic carbocycles. The second-order valence-corrected chi connectivity index (χ2v) is 7.51. The van der Waals surface area contributed by atoms with Crippen LogP contribution in [0.25, 0.3) is 0 Å². The van der Waals surface area contributed by atoms with E-state index in [0.717, 1.165) is 25.9 Å². The van der Waals surface area contributed by atoms with Crippen LogP contribution in [-0.2, 0) is 4.79 Å². The van der Waals surface area contributed by atoms with Crippen LogP contribution in [0.4, 0.5) is 4.79 Å². The lowest BCUT2D eigenvalue weighted by molar-refractivity contribution is -0.127. The van der Waals surface area contributed by atoms with Crippen LogP contribution in [0.15, 0.2) is 35.3 Å². The van der Waals surface area contributed by atoms with Crippen LogP contribution in [0.1, 0.15) is 36.0 Å². The number of nitrogens with one attached hydrogen (secondary N) is 1. The van der Waals surface area contributed by atoms with E-state index in [1.165, 1.54) is 17.7 Å². The maximum atomic E-state index is 12.9. The molecule has 2 fully saturated rings. The van der Waals surface area contributed by atoms with Crippen molar-refractivity contribution in [3.05, 3.63) is 35.9 Å². The highest BCUT2D eigenvalue weighted by molar-refractivity contribution is 6.06. The molecule has 0 aromatic heterocycles. The number of ketones is 1. The monoisotopic (exact) mass is 383 g/mol. The van der Waals surface area contributed by atoms with Crippen molar-refractivity contribution in [2.24, 2.45) is 4.99 Å². The lowest BCUT2D eigenvalue weighted by Gasteiger charge is -2.37. The van der Waals surface area contributed by atoms with Gasteiger partial charge in [-0.05, 0) is 12.8 Å². The topological polar surface area (TPSA) is 85.3 Å². The molecule has 3 amide bonds. The quantitative estimate of drug-likeness (QED) is 0.795. The number of fused-ring (bicyclic) bond motifs is 1. The molecule has 8 heteroatoms. The number of aliphatic imine (C=N–C) groups is 1. The van der Waals surface area contributed by atoms with Crippen molar-refractivity contribution in [3.8, 4) is 0 Å². The van der Waals surface area contributed by atoms with Gasteiger partial charge in [0.1, 0.15) is 0 Å². The number of carbonyl (C=O) groups is 3. The first-order chi connectivity index (χ1) is 13.6. The fraction of sp³-hybridized carbons (Fsp3) is 0.500. The number of guanidine groups is 1. The van der Waals surface area contributed by atoms with Crippen LogP contribution < -0.4 is 5.32 Å². The van der Waals surface area contributed by atoms with E-state index in [1.807, 2.05) is 18.2 Å². The second-order valence-electron chi connectivity index (χ2n) is 7.51. The number of hydrogen-bond donors (Lipinski definition) is 1. The Morgan fingerprint density at radius 3 is 2.46 bits per heavy atom. The zero-order chi connectivity index (χ0) is 19.7. The fourth-order valence-electron chi connectivity index (χ4n) is 4.08. The Balaban J connectivity index is 1.65. The summed E-state index contributed by atoms with van der Waals surface area (Å²) in [6.45, 7) is 1.73. The standard InChI is InChI=1S/C20H25N5O3/c1-23-17-16(18(27)22-20(23)28)25(13-15(26)14-9-5-4-6-10-14)19(21-17)24-11-7-2-3-8-12-24/h4-6,9-10,16-17H,2-3,7-8,11-13H2,1H3,(H,22,27,28). The normalized spacial score (nSPS) is 25.2. The van der Waals surface area contributed by atoms with E-state index in [2.05, 4.69) is 10.2 Å². The molecule has 2 saturated heterocycles. The molecular formula is C20H25N5O3. The van der Waals surface area contributed by atoms with E-state index < -0.39 is 24.1 Å². The first-order valence-corrected chi connectivity index (χ1v) is 9.81. The molecule has 0 aliphatic carbocycles. The first-order valence-electron chi connectivity index (χ1n) is 9.81. The number of amides is 3. The molecular weight excluding hydrogens is 358 g/mol. The van der Waals surface area contributed by atoms with Crippen LogP contribution in [0, 0.1) is 0 Å². The van der Waals surface area contributed by atoms with Crippen molar-refractivity contribution in [3.63, 3.8) is 0 Å². The van der Waals surface area contributed by atoms with Gasteiger partial charge in [0.15, 0.2) is 24.0 Å². The van der Waals surface area contributed by atoms with Gasteiger partial charge in [-0.2, -0.15) is 0 Å². The lowest BCUT2D eigenvalue weighted by Crippen LogP contribution is -2.64. The first kappa shape index (κ1) is 18.5. The predicted octanol–water partition coefficient (Wildman–Crippen LogP) is 1.29. The summed E-state index contributed by atoms with van der Waals surface area (Å²) in [7, 11) is 1.63. The minimum Gasteiger partial charge on any atom is -0.343 e. The van der Waals surface area contributed by atoms with Gasteiger partial charge in [-0.3, -0.25) is 14.9 Å². The number of likely N-dealkylation sites (N-methyl/N-ethyl adjacent to an activating group) is 1. The molecule has 28 heavy (non-hydrogen) atoms. The van der Waals surface area contributed by atoms with Crippen molar-refractivity contribution in [2.45, 2.75) is 37.9 Å². The van der Waals surface area contributed by atoms with Crippen molar-refractivity contribution in [1.82, 2.24) is 20.0 Å². The van der Waals surface area contributed by atoms with Gasteiger partial charge in [-0.15, -0.1) is 0 Å².